The van der Waals surface area contributed by atoms with Gasteiger partial charge in [-0.3, -0.25) is 0 Å². The third kappa shape index (κ3) is 2.91. The maximum Gasteiger partial charge on any atom is 0.247 e. The van der Waals surface area contributed by atoms with Crippen molar-refractivity contribution in [2.24, 2.45) is 0 Å². The summed E-state index contributed by atoms with van der Waals surface area (Å²) < 4.78 is 32.6. The van der Waals surface area contributed by atoms with E-state index >= 15 is 0 Å². The Hall–Kier alpha value is -1.15. The van der Waals surface area contributed by atoms with Gasteiger partial charge >= 0.3 is 0 Å². The van der Waals surface area contributed by atoms with Crippen molar-refractivity contribution in [2.75, 3.05) is 0 Å². The van der Waals surface area contributed by atoms with Crippen LogP contribution in [-0.4, -0.2) is 23.9 Å². The number of thiophene rings is 1. The highest BCUT2D eigenvalue weighted by molar-refractivity contribution is 7.89. The van der Waals surface area contributed by atoms with Gasteiger partial charge in [-0.2, -0.15) is 15.6 Å². The summed E-state index contributed by atoms with van der Waals surface area (Å²) in [6, 6.07) is 3.44. The zero-order chi connectivity index (χ0) is 15.0. The monoisotopic (exact) mass is 327 g/mol. The van der Waals surface area contributed by atoms with Gasteiger partial charge in [0, 0.05) is 18.7 Å². The smallest absolute Gasteiger partial charge is 0.247 e. The molecular weight excluding hydrogens is 310 g/mol. The molecule has 1 fully saturated rings. The molecule has 3 rings (SSSR count). The first kappa shape index (κ1) is 14.8. The zero-order valence-electron chi connectivity index (χ0n) is 11.7. The lowest BCUT2D eigenvalue weighted by Gasteiger charge is -2.21. The Labute approximate surface area is 127 Å². The maximum atomic E-state index is 12.9. The third-order valence-electron chi connectivity index (χ3n) is 3.54. The lowest BCUT2D eigenvalue weighted by molar-refractivity contribution is 0.244. The second-order valence-electron chi connectivity index (χ2n) is 5.20. The topological polar surface area (TPSA) is 70.8 Å². The molecule has 2 aromatic heterocycles. The van der Waals surface area contributed by atoms with Gasteiger partial charge in [-0.15, -0.1) is 0 Å². The minimum atomic E-state index is -3.60. The third-order valence-corrected chi connectivity index (χ3v) is 6.28. The Morgan fingerprint density at radius 1 is 1.48 bits per heavy atom. The van der Waals surface area contributed by atoms with Gasteiger partial charge in [-0.05, 0) is 42.2 Å². The van der Waals surface area contributed by atoms with Crippen LogP contribution >= 0.6 is 11.3 Å². The lowest BCUT2D eigenvalue weighted by atomic mass is 10.3. The molecule has 0 amide bonds. The van der Waals surface area contributed by atoms with Crippen molar-refractivity contribution in [1.29, 1.82) is 0 Å². The number of aliphatic hydroxyl groups excluding tert-OH is 1. The maximum absolute atomic E-state index is 12.9. The van der Waals surface area contributed by atoms with Crippen molar-refractivity contribution in [2.45, 2.75) is 43.9 Å². The molecular formula is C14H17NO4S2. The van der Waals surface area contributed by atoms with Crippen molar-refractivity contribution in [3.8, 4) is 0 Å². The number of aryl methyl sites for hydroxylation is 1. The van der Waals surface area contributed by atoms with E-state index in [1.807, 2.05) is 16.8 Å². The van der Waals surface area contributed by atoms with E-state index in [9.17, 15) is 8.42 Å². The van der Waals surface area contributed by atoms with E-state index in [1.165, 1.54) is 6.07 Å². The van der Waals surface area contributed by atoms with Gasteiger partial charge in [-0.1, -0.05) is 0 Å². The van der Waals surface area contributed by atoms with Crippen LogP contribution in [0, 0.1) is 6.92 Å². The highest BCUT2D eigenvalue weighted by Gasteiger charge is 2.39. The van der Waals surface area contributed by atoms with Crippen LogP contribution in [0.25, 0.3) is 0 Å². The molecule has 1 aliphatic rings. The van der Waals surface area contributed by atoms with Gasteiger partial charge in [0.05, 0.1) is 0 Å². The highest BCUT2D eigenvalue weighted by atomic mass is 32.2. The Balaban J connectivity index is 1.95. The Morgan fingerprint density at radius 3 is 2.76 bits per heavy atom. The molecule has 0 radical (unpaired) electrons. The van der Waals surface area contributed by atoms with Crippen LogP contribution in [0.2, 0.25) is 0 Å². The molecule has 0 atom stereocenters. The van der Waals surface area contributed by atoms with E-state index < -0.39 is 10.0 Å². The van der Waals surface area contributed by atoms with Gasteiger partial charge in [0.25, 0.3) is 0 Å². The van der Waals surface area contributed by atoms with Crippen LogP contribution in [0.5, 0.6) is 0 Å². The van der Waals surface area contributed by atoms with Crippen molar-refractivity contribution in [3.05, 3.63) is 40.0 Å². The van der Waals surface area contributed by atoms with Gasteiger partial charge in [0.1, 0.15) is 23.0 Å². The van der Waals surface area contributed by atoms with E-state index in [0.29, 0.717) is 12.3 Å². The summed E-state index contributed by atoms with van der Waals surface area (Å²) in [7, 11) is -3.60. The summed E-state index contributed by atoms with van der Waals surface area (Å²) in [6.07, 6.45) is 1.79. The van der Waals surface area contributed by atoms with Crippen molar-refractivity contribution in [1.82, 2.24) is 4.31 Å². The van der Waals surface area contributed by atoms with E-state index in [0.717, 1.165) is 18.4 Å². The second kappa shape index (κ2) is 5.57. The molecule has 0 aromatic carbocycles. The van der Waals surface area contributed by atoms with Gasteiger partial charge in [0.15, 0.2) is 0 Å². The molecule has 0 unspecified atom stereocenters. The summed E-state index contributed by atoms with van der Waals surface area (Å²) in [4.78, 5) is 0.161. The van der Waals surface area contributed by atoms with Crippen LogP contribution in [0.1, 0.15) is 29.9 Å². The van der Waals surface area contributed by atoms with Gasteiger partial charge in [0.2, 0.25) is 10.0 Å². The van der Waals surface area contributed by atoms with Gasteiger partial charge < -0.3 is 9.52 Å². The summed E-state index contributed by atoms with van der Waals surface area (Å²) in [6.45, 7) is 1.70. The summed E-state index contributed by atoms with van der Waals surface area (Å²) in [5.74, 6) is 0.604. The molecule has 0 aliphatic heterocycles. The van der Waals surface area contributed by atoms with Crippen LogP contribution < -0.4 is 0 Å². The standard InChI is InChI=1S/C14H17NO4S2/c1-10-14(6-13(8-16)19-10)21(17,18)15(12-2-3-12)7-11-4-5-20-9-11/h4-6,9,12,16H,2-3,7-8H2,1H3. The Bertz CT molecular complexity index is 714. The summed E-state index contributed by atoms with van der Waals surface area (Å²) >= 11 is 1.56. The lowest BCUT2D eigenvalue weighted by Crippen LogP contribution is -2.32. The van der Waals surface area contributed by atoms with E-state index in [-0.39, 0.29) is 23.3 Å². The van der Waals surface area contributed by atoms with Crippen molar-refractivity contribution < 1.29 is 17.9 Å². The zero-order valence-corrected chi connectivity index (χ0v) is 13.3. The van der Waals surface area contributed by atoms with Crippen molar-refractivity contribution in [3.63, 3.8) is 0 Å². The molecule has 1 aliphatic carbocycles. The van der Waals surface area contributed by atoms with E-state index in [2.05, 4.69) is 0 Å². The van der Waals surface area contributed by atoms with Crippen LogP contribution in [0.4, 0.5) is 0 Å². The molecule has 0 bridgehead atoms. The van der Waals surface area contributed by atoms with E-state index in [1.54, 1.807) is 22.6 Å². The van der Waals surface area contributed by atoms with Crippen LogP contribution in [0.15, 0.2) is 32.2 Å². The number of sulfonamides is 1. The SMILES string of the molecule is Cc1oc(CO)cc1S(=O)(=O)N(Cc1ccsc1)C1CC1. The molecule has 0 spiro atoms. The van der Waals surface area contributed by atoms with Crippen LogP contribution in [-0.2, 0) is 23.2 Å². The first-order chi connectivity index (χ1) is 10.0. The fourth-order valence-corrected chi connectivity index (χ4v) is 4.84. The molecule has 2 aromatic rings. The molecule has 7 heteroatoms. The number of nitrogens with zero attached hydrogens (tertiary/aromatic N) is 1. The molecule has 0 saturated heterocycles. The molecule has 5 nitrogen and oxygen atoms in total. The summed E-state index contributed by atoms with van der Waals surface area (Å²) in [5.41, 5.74) is 0.999. The molecule has 1 saturated carbocycles. The normalized spacial score (nSPS) is 15.8. The van der Waals surface area contributed by atoms with E-state index in [4.69, 9.17) is 9.52 Å². The predicted molar refractivity (Wildman–Crippen MR) is 79.4 cm³/mol. The Kier molecular flexibility index (Phi) is 3.92. The predicted octanol–water partition coefficient (Wildman–Crippen LogP) is 2.50. The highest BCUT2D eigenvalue weighted by Crippen LogP contribution is 2.35. The largest absolute Gasteiger partial charge is 0.462 e. The fourth-order valence-electron chi connectivity index (χ4n) is 2.32. The number of aliphatic hydroxyl groups is 1. The Morgan fingerprint density at radius 2 is 2.24 bits per heavy atom. The molecule has 114 valence electrons. The average Bonchev–Trinajstić information content (AvgIpc) is 2.99. The number of hydrogen-bond donors (Lipinski definition) is 1. The summed E-state index contributed by atoms with van der Waals surface area (Å²) in [5, 5.41) is 13.0. The minimum Gasteiger partial charge on any atom is -0.462 e. The number of rotatable bonds is 6. The number of furan rings is 1. The van der Waals surface area contributed by atoms with Gasteiger partial charge in [-0.25, -0.2) is 8.42 Å². The first-order valence-corrected chi connectivity index (χ1v) is 9.13. The average molecular weight is 327 g/mol. The molecule has 2 heterocycles. The quantitative estimate of drug-likeness (QED) is 0.885. The molecule has 1 N–H and O–H groups in total. The molecule has 21 heavy (non-hydrogen) atoms. The van der Waals surface area contributed by atoms with Crippen molar-refractivity contribution >= 4 is 21.4 Å². The first-order valence-electron chi connectivity index (χ1n) is 6.75. The minimum absolute atomic E-state index is 0.0711. The second-order valence-corrected chi connectivity index (χ2v) is 7.84. The number of hydrogen-bond acceptors (Lipinski definition) is 5. The van der Waals surface area contributed by atoms with Crippen LogP contribution in [0.3, 0.4) is 0 Å². The fraction of sp³-hybridized carbons (Fsp3) is 0.429.